The van der Waals surface area contributed by atoms with E-state index < -0.39 is 10.0 Å². The van der Waals surface area contributed by atoms with Gasteiger partial charge in [-0.3, -0.25) is 4.57 Å². The highest BCUT2D eigenvalue weighted by atomic mass is 32.2. The summed E-state index contributed by atoms with van der Waals surface area (Å²) in [7, 11) is -3.59. The molecule has 1 fully saturated rings. The van der Waals surface area contributed by atoms with Crippen LogP contribution in [0, 0.1) is 20.8 Å². The summed E-state index contributed by atoms with van der Waals surface area (Å²) >= 11 is 0. The van der Waals surface area contributed by atoms with Crippen LogP contribution in [0.2, 0.25) is 0 Å². The van der Waals surface area contributed by atoms with Crippen LogP contribution in [0.25, 0.3) is 16.6 Å². The van der Waals surface area contributed by atoms with Crippen molar-refractivity contribution in [1.82, 2.24) is 23.8 Å². The van der Waals surface area contributed by atoms with E-state index >= 15 is 0 Å². The highest BCUT2D eigenvalue weighted by molar-refractivity contribution is 7.89. The average molecular weight is 463 g/mol. The summed E-state index contributed by atoms with van der Waals surface area (Å²) in [4.78, 5) is 16.0. The molecule has 0 bridgehead atoms. The molecule has 8 nitrogen and oxygen atoms in total. The monoisotopic (exact) mass is 462 g/mol. The summed E-state index contributed by atoms with van der Waals surface area (Å²) in [5.41, 5.74) is 1.99. The summed E-state index contributed by atoms with van der Waals surface area (Å²) in [6.45, 7) is 7.75. The van der Waals surface area contributed by atoms with Gasteiger partial charge in [-0.2, -0.15) is 4.31 Å². The molecule has 33 heavy (non-hydrogen) atoms. The van der Waals surface area contributed by atoms with E-state index in [1.54, 1.807) is 22.8 Å². The molecule has 0 atom stereocenters. The van der Waals surface area contributed by atoms with E-state index in [2.05, 4.69) is 19.9 Å². The molecule has 0 amide bonds. The maximum absolute atomic E-state index is 13.4. The molecule has 0 N–H and O–H groups in total. The van der Waals surface area contributed by atoms with E-state index in [-0.39, 0.29) is 0 Å². The van der Waals surface area contributed by atoms with Gasteiger partial charge in [0.05, 0.1) is 10.6 Å². The largest absolute Gasteiger partial charge is 0.354 e. The van der Waals surface area contributed by atoms with Gasteiger partial charge in [0.15, 0.2) is 0 Å². The van der Waals surface area contributed by atoms with Crippen molar-refractivity contribution in [3.05, 3.63) is 72.1 Å². The fourth-order valence-corrected chi connectivity index (χ4v) is 5.91. The number of anilines is 1. The van der Waals surface area contributed by atoms with Crippen molar-refractivity contribution in [3.63, 3.8) is 0 Å². The van der Waals surface area contributed by atoms with Gasteiger partial charge in [-0.15, -0.1) is 0 Å². The summed E-state index contributed by atoms with van der Waals surface area (Å²) < 4.78 is 30.4. The molecule has 2 aromatic heterocycles. The van der Waals surface area contributed by atoms with E-state index in [4.69, 9.17) is 0 Å². The molecule has 0 saturated carbocycles. The van der Waals surface area contributed by atoms with Crippen LogP contribution in [0.15, 0.2) is 59.8 Å². The van der Waals surface area contributed by atoms with E-state index in [0.717, 1.165) is 33.8 Å². The second-order valence-corrected chi connectivity index (χ2v) is 10.2. The normalized spacial score (nSPS) is 15.3. The molecule has 0 aliphatic carbocycles. The lowest BCUT2D eigenvalue weighted by molar-refractivity contribution is 0.384. The van der Waals surface area contributed by atoms with Crippen LogP contribution < -0.4 is 4.90 Å². The first-order chi connectivity index (χ1) is 15.8. The van der Waals surface area contributed by atoms with E-state index in [0.29, 0.717) is 36.9 Å². The number of rotatable bonds is 4. The Kier molecular flexibility index (Phi) is 5.38. The molecular formula is C24H26N6O2S. The first-order valence-electron chi connectivity index (χ1n) is 10.9. The number of piperazine rings is 1. The molecule has 0 radical (unpaired) electrons. The van der Waals surface area contributed by atoms with E-state index in [1.807, 2.05) is 61.7 Å². The second-order valence-electron chi connectivity index (χ2n) is 8.29. The zero-order chi connectivity index (χ0) is 23.2. The average Bonchev–Trinajstić information content (AvgIpc) is 3.16. The molecule has 0 unspecified atom stereocenters. The first-order valence-corrected chi connectivity index (χ1v) is 12.4. The van der Waals surface area contributed by atoms with Crippen LogP contribution in [0.5, 0.6) is 0 Å². The molecule has 5 rings (SSSR count). The number of benzene rings is 2. The Morgan fingerprint density at radius 3 is 2.27 bits per heavy atom. The van der Waals surface area contributed by atoms with Gasteiger partial charge in [-0.1, -0.05) is 36.4 Å². The van der Waals surface area contributed by atoms with E-state index in [9.17, 15) is 8.42 Å². The van der Waals surface area contributed by atoms with E-state index in [1.165, 1.54) is 0 Å². The highest BCUT2D eigenvalue weighted by Gasteiger charge is 2.30. The zero-order valence-electron chi connectivity index (χ0n) is 18.9. The van der Waals surface area contributed by atoms with Crippen LogP contribution in [0.3, 0.4) is 0 Å². The lowest BCUT2D eigenvalue weighted by atomic mass is 10.1. The predicted molar refractivity (Wildman–Crippen MR) is 128 cm³/mol. The van der Waals surface area contributed by atoms with Crippen molar-refractivity contribution in [3.8, 4) is 5.82 Å². The summed E-state index contributed by atoms with van der Waals surface area (Å²) in [5.74, 6) is 2.23. The number of aromatic nitrogens is 4. The van der Waals surface area contributed by atoms with Crippen molar-refractivity contribution in [2.45, 2.75) is 25.7 Å². The number of aryl methyl sites for hydroxylation is 2. The van der Waals surface area contributed by atoms with Crippen LogP contribution in [-0.4, -0.2) is 58.4 Å². The molecule has 1 aliphatic rings. The standard InChI is InChI=1S/C24H26N6O2S/c1-17-18(2)30(16-25-17)24-15-23(26-19(3)27-24)28-11-13-29(14-12-28)33(31,32)22-10-6-8-20-7-4-5-9-21(20)22/h4-10,15-16H,11-14H2,1-3H3. The minimum Gasteiger partial charge on any atom is -0.354 e. The topological polar surface area (TPSA) is 84.2 Å². The maximum atomic E-state index is 13.4. The Hall–Kier alpha value is -3.30. The molecule has 4 aromatic rings. The molecule has 2 aromatic carbocycles. The Morgan fingerprint density at radius 1 is 0.848 bits per heavy atom. The summed E-state index contributed by atoms with van der Waals surface area (Å²) in [6, 6.07) is 15.0. The molecule has 170 valence electrons. The van der Waals surface area contributed by atoms with Crippen molar-refractivity contribution in [2.24, 2.45) is 0 Å². The third-order valence-electron chi connectivity index (χ3n) is 6.24. The molecule has 3 heterocycles. The second kappa shape index (κ2) is 8.24. The van der Waals surface area contributed by atoms with Gasteiger partial charge in [0.2, 0.25) is 10.0 Å². The Labute approximate surface area is 193 Å². The fraction of sp³-hybridized carbons (Fsp3) is 0.292. The van der Waals surface area contributed by atoms with Gasteiger partial charge in [0, 0.05) is 43.3 Å². The Balaban J connectivity index is 1.39. The van der Waals surface area contributed by atoms with Gasteiger partial charge in [0.25, 0.3) is 0 Å². The third kappa shape index (κ3) is 3.87. The van der Waals surface area contributed by atoms with Gasteiger partial charge >= 0.3 is 0 Å². The molecule has 0 spiro atoms. The van der Waals surface area contributed by atoms with Gasteiger partial charge < -0.3 is 4.90 Å². The Bertz CT molecular complexity index is 1430. The number of imidazole rings is 1. The maximum Gasteiger partial charge on any atom is 0.243 e. The van der Waals surface area contributed by atoms with Crippen molar-refractivity contribution < 1.29 is 8.42 Å². The minimum absolute atomic E-state index is 0.361. The van der Waals surface area contributed by atoms with Gasteiger partial charge in [-0.25, -0.2) is 23.4 Å². The lowest BCUT2D eigenvalue weighted by Crippen LogP contribution is -2.49. The third-order valence-corrected chi connectivity index (χ3v) is 8.20. The number of hydrogen-bond acceptors (Lipinski definition) is 6. The number of fused-ring (bicyclic) bond motifs is 1. The van der Waals surface area contributed by atoms with Crippen LogP contribution in [0.1, 0.15) is 17.2 Å². The minimum atomic E-state index is -3.59. The molecule has 9 heteroatoms. The van der Waals surface area contributed by atoms with Crippen molar-refractivity contribution >= 4 is 26.6 Å². The number of hydrogen-bond donors (Lipinski definition) is 0. The first kappa shape index (κ1) is 21.5. The smallest absolute Gasteiger partial charge is 0.243 e. The van der Waals surface area contributed by atoms with Crippen molar-refractivity contribution in [2.75, 3.05) is 31.1 Å². The molecule has 1 aliphatic heterocycles. The predicted octanol–water partition coefficient (Wildman–Crippen LogP) is 3.25. The fourth-order valence-electron chi connectivity index (χ4n) is 4.27. The highest BCUT2D eigenvalue weighted by Crippen LogP contribution is 2.27. The van der Waals surface area contributed by atoms with Crippen LogP contribution >= 0.6 is 0 Å². The number of sulfonamides is 1. The summed E-state index contributed by atoms with van der Waals surface area (Å²) in [5, 5.41) is 1.68. The van der Waals surface area contributed by atoms with Gasteiger partial charge in [0.1, 0.15) is 23.8 Å². The van der Waals surface area contributed by atoms with Crippen LogP contribution in [-0.2, 0) is 10.0 Å². The lowest BCUT2D eigenvalue weighted by Gasteiger charge is -2.35. The quantitative estimate of drug-likeness (QED) is 0.463. The SMILES string of the molecule is Cc1nc(N2CCN(S(=O)(=O)c3cccc4ccccc34)CC2)cc(-n2cnc(C)c2C)n1. The van der Waals surface area contributed by atoms with Crippen LogP contribution in [0.4, 0.5) is 5.82 Å². The summed E-state index contributed by atoms with van der Waals surface area (Å²) in [6.07, 6.45) is 1.77. The molecule has 1 saturated heterocycles. The number of nitrogens with zero attached hydrogens (tertiary/aromatic N) is 6. The van der Waals surface area contributed by atoms with Crippen molar-refractivity contribution in [1.29, 1.82) is 0 Å². The van der Waals surface area contributed by atoms with Gasteiger partial charge in [-0.05, 0) is 32.2 Å². The Morgan fingerprint density at radius 2 is 1.55 bits per heavy atom. The zero-order valence-corrected chi connectivity index (χ0v) is 19.7. The molecular weight excluding hydrogens is 436 g/mol.